The van der Waals surface area contributed by atoms with Crippen LogP contribution in [0.2, 0.25) is 0 Å². The molecule has 0 bridgehead atoms. The predicted octanol–water partition coefficient (Wildman–Crippen LogP) is 2.14. The molecule has 0 spiro atoms. The van der Waals surface area contributed by atoms with Gasteiger partial charge in [-0.15, -0.1) is 0 Å². The zero-order chi connectivity index (χ0) is 14.0. The van der Waals surface area contributed by atoms with Gasteiger partial charge in [0.1, 0.15) is 12.2 Å². The van der Waals surface area contributed by atoms with Crippen molar-refractivity contribution in [1.82, 2.24) is 9.78 Å². The Morgan fingerprint density at radius 2 is 2.26 bits per heavy atom. The molecule has 2 aromatic rings. The van der Waals surface area contributed by atoms with E-state index in [9.17, 15) is 9.18 Å². The van der Waals surface area contributed by atoms with Gasteiger partial charge in [-0.05, 0) is 18.6 Å². The van der Waals surface area contributed by atoms with Gasteiger partial charge in [0, 0.05) is 7.05 Å². The first kappa shape index (κ1) is 13.1. The SMILES string of the molecule is Cc1cccc(OCc2c(C(=O)O)cnn2C)c1F. The number of carboxylic acid groups (broad SMARTS) is 1. The molecule has 0 unspecified atom stereocenters. The molecule has 1 aromatic carbocycles. The third-order valence-electron chi connectivity index (χ3n) is 2.81. The first-order valence-electron chi connectivity index (χ1n) is 5.62. The summed E-state index contributed by atoms with van der Waals surface area (Å²) in [6, 6.07) is 4.81. The minimum Gasteiger partial charge on any atom is -0.484 e. The Morgan fingerprint density at radius 3 is 2.95 bits per heavy atom. The molecule has 0 saturated heterocycles. The van der Waals surface area contributed by atoms with Crippen molar-refractivity contribution >= 4 is 5.97 Å². The van der Waals surface area contributed by atoms with Crippen LogP contribution in [0, 0.1) is 12.7 Å². The number of aryl methyl sites for hydroxylation is 2. The summed E-state index contributed by atoms with van der Waals surface area (Å²) in [5, 5.41) is 12.8. The highest BCUT2D eigenvalue weighted by Crippen LogP contribution is 2.21. The Bertz CT molecular complexity index is 622. The maximum absolute atomic E-state index is 13.7. The Kier molecular flexibility index (Phi) is 3.50. The van der Waals surface area contributed by atoms with Gasteiger partial charge in [-0.2, -0.15) is 5.10 Å². The Morgan fingerprint density at radius 1 is 1.53 bits per heavy atom. The molecule has 5 nitrogen and oxygen atoms in total. The van der Waals surface area contributed by atoms with Crippen LogP contribution >= 0.6 is 0 Å². The third-order valence-corrected chi connectivity index (χ3v) is 2.81. The van der Waals surface area contributed by atoms with Crippen molar-refractivity contribution in [1.29, 1.82) is 0 Å². The van der Waals surface area contributed by atoms with E-state index in [4.69, 9.17) is 9.84 Å². The molecule has 0 aliphatic carbocycles. The number of carboxylic acids is 1. The average molecular weight is 264 g/mol. The summed E-state index contributed by atoms with van der Waals surface area (Å²) in [4.78, 5) is 11.0. The Balaban J connectivity index is 2.21. The quantitative estimate of drug-likeness (QED) is 0.919. The molecular weight excluding hydrogens is 251 g/mol. The molecule has 19 heavy (non-hydrogen) atoms. The highest BCUT2D eigenvalue weighted by atomic mass is 19.1. The number of hydrogen-bond acceptors (Lipinski definition) is 3. The molecule has 1 N–H and O–H groups in total. The topological polar surface area (TPSA) is 64.3 Å². The summed E-state index contributed by atoms with van der Waals surface area (Å²) in [7, 11) is 1.61. The number of rotatable bonds is 4. The fourth-order valence-electron chi connectivity index (χ4n) is 1.69. The molecule has 0 aliphatic rings. The lowest BCUT2D eigenvalue weighted by Crippen LogP contribution is -2.09. The second-order valence-corrected chi connectivity index (χ2v) is 4.11. The molecule has 1 heterocycles. The third kappa shape index (κ3) is 2.57. The molecule has 0 radical (unpaired) electrons. The lowest BCUT2D eigenvalue weighted by molar-refractivity contribution is 0.0693. The van der Waals surface area contributed by atoms with Crippen molar-refractivity contribution < 1.29 is 19.0 Å². The number of carbonyl (C=O) groups is 1. The summed E-state index contributed by atoms with van der Waals surface area (Å²) in [6.07, 6.45) is 1.24. The van der Waals surface area contributed by atoms with Gasteiger partial charge in [0.2, 0.25) is 0 Å². The fourth-order valence-corrected chi connectivity index (χ4v) is 1.69. The molecule has 0 fully saturated rings. The lowest BCUT2D eigenvalue weighted by atomic mass is 10.2. The second-order valence-electron chi connectivity index (χ2n) is 4.11. The number of benzene rings is 1. The molecule has 0 aliphatic heterocycles. The molecular formula is C13H13FN2O3. The zero-order valence-electron chi connectivity index (χ0n) is 10.6. The van der Waals surface area contributed by atoms with E-state index in [-0.39, 0.29) is 17.9 Å². The summed E-state index contributed by atoms with van der Waals surface area (Å²) < 4.78 is 20.5. The number of hydrogen-bond donors (Lipinski definition) is 1. The lowest BCUT2D eigenvalue weighted by Gasteiger charge is -2.09. The number of aromatic carboxylic acids is 1. The van der Waals surface area contributed by atoms with Crippen LogP contribution in [0.5, 0.6) is 5.75 Å². The van der Waals surface area contributed by atoms with Crippen molar-refractivity contribution in [2.75, 3.05) is 0 Å². The summed E-state index contributed by atoms with van der Waals surface area (Å²) in [5.74, 6) is -1.43. The van der Waals surface area contributed by atoms with Crippen molar-refractivity contribution in [3.63, 3.8) is 0 Å². The van der Waals surface area contributed by atoms with E-state index in [1.807, 2.05) is 0 Å². The highest BCUT2D eigenvalue weighted by molar-refractivity contribution is 5.88. The van der Waals surface area contributed by atoms with Crippen LogP contribution in [0.3, 0.4) is 0 Å². The Labute approximate surface area is 109 Å². The van der Waals surface area contributed by atoms with Gasteiger partial charge in [0.25, 0.3) is 0 Å². The monoisotopic (exact) mass is 264 g/mol. The summed E-state index contributed by atoms with van der Waals surface area (Å²) in [5.41, 5.74) is 0.907. The van der Waals surface area contributed by atoms with Gasteiger partial charge in [-0.25, -0.2) is 9.18 Å². The number of ether oxygens (including phenoxy) is 1. The van der Waals surface area contributed by atoms with E-state index in [0.29, 0.717) is 11.3 Å². The van der Waals surface area contributed by atoms with Crippen LogP contribution in [0.15, 0.2) is 24.4 Å². The van der Waals surface area contributed by atoms with Gasteiger partial charge in [-0.3, -0.25) is 4.68 Å². The first-order chi connectivity index (χ1) is 9.00. The van der Waals surface area contributed by atoms with Gasteiger partial charge >= 0.3 is 5.97 Å². The average Bonchev–Trinajstić information content (AvgIpc) is 2.73. The smallest absolute Gasteiger partial charge is 0.339 e. The van der Waals surface area contributed by atoms with Crippen LogP contribution in [-0.2, 0) is 13.7 Å². The van der Waals surface area contributed by atoms with Crippen molar-refractivity contribution in [2.24, 2.45) is 7.05 Å². The number of halogens is 1. The predicted molar refractivity (Wildman–Crippen MR) is 65.6 cm³/mol. The minimum absolute atomic E-state index is 0.0514. The number of nitrogens with zero attached hydrogens (tertiary/aromatic N) is 2. The normalized spacial score (nSPS) is 10.5. The van der Waals surface area contributed by atoms with Crippen molar-refractivity contribution in [3.8, 4) is 5.75 Å². The first-order valence-corrected chi connectivity index (χ1v) is 5.62. The molecule has 6 heteroatoms. The van der Waals surface area contributed by atoms with Crippen LogP contribution in [-0.4, -0.2) is 20.9 Å². The van der Waals surface area contributed by atoms with Gasteiger partial charge in [-0.1, -0.05) is 12.1 Å². The largest absolute Gasteiger partial charge is 0.484 e. The fraction of sp³-hybridized carbons (Fsp3) is 0.231. The van der Waals surface area contributed by atoms with E-state index in [1.54, 1.807) is 26.1 Å². The highest BCUT2D eigenvalue weighted by Gasteiger charge is 2.16. The van der Waals surface area contributed by atoms with E-state index in [0.717, 1.165) is 0 Å². The molecule has 2 rings (SSSR count). The van der Waals surface area contributed by atoms with Crippen LogP contribution in [0.25, 0.3) is 0 Å². The Hall–Kier alpha value is -2.37. The summed E-state index contributed by atoms with van der Waals surface area (Å²) in [6.45, 7) is 1.58. The second kappa shape index (κ2) is 5.09. The molecule has 100 valence electrons. The van der Waals surface area contributed by atoms with Crippen LogP contribution < -0.4 is 4.74 Å². The van der Waals surface area contributed by atoms with Crippen LogP contribution in [0.4, 0.5) is 4.39 Å². The van der Waals surface area contributed by atoms with Gasteiger partial charge in [0.05, 0.1) is 11.9 Å². The molecule has 1 aromatic heterocycles. The standard InChI is InChI=1S/C13H13FN2O3/c1-8-4-3-5-11(12(8)14)19-7-10-9(13(17)18)6-15-16(10)2/h3-6H,7H2,1-2H3,(H,17,18). The maximum Gasteiger partial charge on any atom is 0.339 e. The zero-order valence-corrected chi connectivity index (χ0v) is 10.6. The van der Waals surface area contributed by atoms with Gasteiger partial charge < -0.3 is 9.84 Å². The van der Waals surface area contributed by atoms with E-state index in [2.05, 4.69) is 5.10 Å². The van der Waals surface area contributed by atoms with Crippen molar-refractivity contribution in [3.05, 3.63) is 47.0 Å². The minimum atomic E-state index is -1.09. The summed E-state index contributed by atoms with van der Waals surface area (Å²) >= 11 is 0. The van der Waals surface area contributed by atoms with E-state index >= 15 is 0 Å². The van der Waals surface area contributed by atoms with Gasteiger partial charge in [0.15, 0.2) is 11.6 Å². The maximum atomic E-state index is 13.7. The van der Waals surface area contributed by atoms with Crippen molar-refractivity contribution in [2.45, 2.75) is 13.5 Å². The molecule has 0 amide bonds. The number of aromatic nitrogens is 2. The molecule has 0 atom stereocenters. The molecule has 0 saturated carbocycles. The van der Waals surface area contributed by atoms with E-state index < -0.39 is 11.8 Å². The van der Waals surface area contributed by atoms with E-state index in [1.165, 1.54) is 16.9 Å². The van der Waals surface area contributed by atoms with Crippen LogP contribution in [0.1, 0.15) is 21.6 Å².